The van der Waals surface area contributed by atoms with Crippen molar-refractivity contribution < 1.29 is 4.79 Å². The monoisotopic (exact) mass is 376 g/mol. The number of amides is 1. The van der Waals surface area contributed by atoms with Gasteiger partial charge in [0.15, 0.2) is 0 Å². The smallest absolute Gasteiger partial charge is 0.277 e. The number of aromatic amines is 1. The van der Waals surface area contributed by atoms with E-state index in [-0.39, 0.29) is 17.9 Å². The third-order valence-corrected chi connectivity index (χ3v) is 5.14. The number of thiazole rings is 1. The van der Waals surface area contributed by atoms with Gasteiger partial charge in [-0.15, -0.1) is 0 Å². The molecule has 2 heterocycles. The molecule has 1 aromatic carbocycles. The van der Waals surface area contributed by atoms with Gasteiger partial charge in [0.2, 0.25) is 11.0 Å². The molecule has 25 heavy (non-hydrogen) atoms. The first kappa shape index (κ1) is 17.4. The third kappa shape index (κ3) is 3.67. The van der Waals surface area contributed by atoms with Crippen molar-refractivity contribution in [2.24, 2.45) is 0 Å². The molecular formula is C17H17ClN4O2S. The van der Waals surface area contributed by atoms with Crippen LogP contribution in [0, 0.1) is 20.8 Å². The lowest BCUT2D eigenvalue weighted by Crippen LogP contribution is -2.22. The highest BCUT2D eigenvalue weighted by molar-refractivity contribution is 7.14. The summed E-state index contributed by atoms with van der Waals surface area (Å²) in [6, 6.07) is 6.87. The Balaban J connectivity index is 1.83. The molecule has 2 aromatic heterocycles. The van der Waals surface area contributed by atoms with E-state index in [9.17, 15) is 9.59 Å². The summed E-state index contributed by atoms with van der Waals surface area (Å²) in [5, 5.41) is 6.86. The van der Waals surface area contributed by atoms with Gasteiger partial charge in [0.25, 0.3) is 5.56 Å². The van der Waals surface area contributed by atoms with E-state index < -0.39 is 0 Å². The Morgan fingerprint density at radius 2 is 2.12 bits per heavy atom. The van der Waals surface area contributed by atoms with Gasteiger partial charge in [0.05, 0.1) is 12.1 Å². The van der Waals surface area contributed by atoms with Crippen LogP contribution < -0.4 is 10.9 Å². The van der Waals surface area contributed by atoms with Crippen LogP contribution in [0.1, 0.15) is 21.8 Å². The average Bonchev–Trinajstić information content (AvgIpc) is 3.01. The molecule has 1 amide bonds. The molecule has 0 bridgehead atoms. The van der Waals surface area contributed by atoms with Crippen molar-refractivity contribution in [3.8, 4) is 5.13 Å². The summed E-state index contributed by atoms with van der Waals surface area (Å²) in [6.07, 6.45) is -0.0238. The molecule has 0 aliphatic carbocycles. The van der Waals surface area contributed by atoms with Crippen LogP contribution in [0.2, 0.25) is 5.02 Å². The molecule has 0 aliphatic rings. The number of carbonyl (C=O) groups excluding carboxylic acids is 1. The first-order valence-electron chi connectivity index (χ1n) is 7.65. The van der Waals surface area contributed by atoms with Crippen LogP contribution in [0.5, 0.6) is 0 Å². The standard InChI is InChI=1S/C17H17ClN4O2S/c1-9-11(3)25-17(19-9)22-16(24)14(10(2)21-22)8-15(23)20-13-6-4-5-12(18)7-13/h4-7,21H,8H2,1-3H3,(H,20,23). The number of hydrogen-bond acceptors (Lipinski definition) is 4. The minimum Gasteiger partial charge on any atom is -0.326 e. The maximum atomic E-state index is 12.7. The van der Waals surface area contributed by atoms with Gasteiger partial charge in [-0.3, -0.25) is 14.7 Å². The molecule has 6 nitrogen and oxygen atoms in total. The molecule has 0 spiro atoms. The first-order valence-corrected chi connectivity index (χ1v) is 8.85. The van der Waals surface area contributed by atoms with Crippen molar-refractivity contribution in [3.05, 3.63) is 61.5 Å². The van der Waals surface area contributed by atoms with Gasteiger partial charge in [0.1, 0.15) is 0 Å². The summed E-state index contributed by atoms with van der Waals surface area (Å²) in [5.74, 6) is -0.278. The third-order valence-electron chi connectivity index (χ3n) is 3.85. The Morgan fingerprint density at radius 1 is 1.36 bits per heavy atom. The number of aromatic nitrogens is 3. The average molecular weight is 377 g/mol. The highest BCUT2D eigenvalue weighted by Crippen LogP contribution is 2.19. The Morgan fingerprint density at radius 3 is 2.76 bits per heavy atom. The number of aryl methyl sites for hydroxylation is 3. The molecule has 3 rings (SSSR count). The Hall–Kier alpha value is -2.38. The highest BCUT2D eigenvalue weighted by atomic mass is 35.5. The Bertz CT molecular complexity index is 983. The molecule has 0 atom stereocenters. The van der Waals surface area contributed by atoms with Crippen LogP contribution in [-0.2, 0) is 11.2 Å². The maximum absolute atomic E-state index is 12.7. The quantitative estimate of drug-likeness (QED) is 0.732. The van der Waals surface area contributed by atoms with E-state index in [4.69, 9.17) is 11.6 Å². The lowest BCUT2D eigenvalue weighted by atomic mass is 10.2. The minimum absolute atomic E-state index is 0.0238. The zero-order valence-corrected chi connectivity index (χ0v) is 15.6. The summed E-state index contributed by atoms with van der Waals surface area (Å²) >= 11 is 7.34. The lowest BCUT2D eigenvalue weighted by molar-refractivity contribution is -0.115. The van der Waals surface area contributed by atoms with E-state index >= 15 is 0 Å². The maximum Gasteiger partial charge on any atom is 0.277 e. The number of nitrogens with zero attached hydrogens (tertiary/aromatic N) is 2. The van der Waals surface area contributed by atoms with Crippen molar-refractivity contribution in [1.82, 2.24) is 14.8 Å². The van der Waals surface area contributed by atoms with Crippen LogP contribution in [0.4, 0.5) is 5.69 Å². The molecule has 3 aromatic rings. The largest absolute Gasteiger partial charge is 0.326 e. The SMILES string of the molecule is Cc1nc(-n2[nH]c(C)c(CC(=O)Nc3cccc(Cl)c3)c2=O)sc1C. The van der Waals surface area contributed by atoms with Gasteiger partial charge in [-0.2, -0.15) is 4.68 Å². The van der Waals surface area contributed by atoms with Crippen LogP contribution in [0.15, 0.2) is 29.1 Å². The summed E-state index contributed by atoms with van der Waals surface area (Å²) in [5.41, 5.74) is 2.30. The summed E-state index contributed by atoms with van der Waals surface area (Å²) in [6.45, 7) is 5.62. The molecule has 130 valence electrons. The molecule has 0 fully saturated rings. The van der Waals surface area contributed by atoms with Gasteiger partial charge >= 0.3 is 0 Å². The number of halogens is 1. The molecule has 8 heteroatoms. The van der Waals surface area contributed by atoms with Crippen molar-refractivity contribution in [3.63, 3.8) is 0 Å². The lowest BCUT2D eigenvalue weighted by Gasteiger charge is -2.04. The topological polar surface area (TPSA) is 79.8 Å². The molecule has 0 radical (unpaired) electrons. The number of anilines is 1. The number of hydrogen-bond donors (Lipinski definition) is 2. The Labute approximate surface area is 153 Å². The van der Waals surface area contributed by atoms with Crippen LogP contribution in [0.3, 0.4) is 0 Å². The molecule has 0 saturated heterocycles. The van der Waals surface area contributed by atoms with Crippen LogP contribution >= 0.6 is 22.9 Å². The van der Waals surface area contributed by atoms with Gasteiger partial charge in [-0.1, -0.05) is 29.0 Å². The van der Waals surface area contributed by atoms with Gasteiger partial charge in [-0.05, 0) is 39.0 Å². The summed E-state index contributed by atoms with van der Waals surface area (Å²) in [4.78, 5) is 30.4. The fourth-order valence-corrected chi connectivity index (χ4v) is 3.47. The van der Waals surface area contributed by atoms with E-state index in [1.54, 1.807) is 31.2 Å². The normalized spacial score (nSPS) is 10.9. The van der Waals surface area contributed by atoms with E-state index in [1.165, 1.54) is 16.0 Å². The number of rotatable bonds is 4. The molecule has 0 saturated carbocycles. The minimum atomic E-state index is -0.278. The second-order valence-electron chi connectivity index (χ2n) is 5.73. The van der Waals surface area contributed by atoms with Crippen molar-refractivity contribution in [2.45, 2.75) is 27.2 Å². The van der Waals surface area contributed by atoms with Crippen molar-refractivity contribution >= 4 is 34.5 Å². The number of benzene rings is 1. The number of carbonyl (C=O) groups is 1. The zero-order chi connectivity index (χ0) is 18.1. The van der Waals surface area contributed by atoms with Gasteiger partial charge in [0, 0.05) is 26.8 Å². The number of H-pyrrole nitrogens is 1. The molecule has 0 aliphatic heterocycles. The van der Waals surface area contributed by atoms with Gasteiger partial charge in [-0.25, -0.2) is 4.98 Å². The zero-order valence-electron chi connectivity index (χ0n) is 14.0. The highest BCUT2D eigenvalue weighted by Gasteiger charge is 2.18. The Kier molecular flexibility index (Phi) is 4.78. The van der Waals surface area contributed by atoms with E-state index in [0.29, 0.717) is 27.1 Å². The predicted octanol–water partition coefficient (Wildman–Crippen LogP) is 3.38. The van der Waals surface area contributed by atoms with Crippen LogP contribution in [0.25, 0.3) is 5.13 Å². The fourth-order valence-electron chi connectivity index (χ4n) is 2.41. The summed E-state index contributed by atoms with van der Waals surface area (Å²) < 4.78 is 1.39. The van der Waals surface area contributed by atoms with E-state index in [2.05, 4.69) is 15.4 Å². The predicted molar refractivity (Wildman–Crippen MR) is 100 cm³/mol. The van der Waals surface area contributed by atoms with E-state index in [1.807, 2.05) is 13.8 Å². The molecule has 2 N–H and O–H groups in total. The summed E-state index contributed by atoms with van der Waals surface area (Å²) in [7, 11) is 0. The molecule has 0 unspecified atom stereocenters. The second kappa shape index (κ2) is 6.85. The van der Waals surface area contributed by atoms with E-state index in [0.717, 1.165) is 10.6 Å². The van der Waals surface area contributed by atoms with Crippen LogP contribution in [-0.4, -0.2) is 20.7 Å². The molecular weight excluding hydrogens is 360 g/mol. The fraction of sp³-hybridized carbons (Fsp3) is 0.235. The number of nitrogens with one attached hydrogen (secondary N) is 2. The van der Waals surface area contributed by atoms with Gasteiger partial charge < -0.3 is 5.32 Å². The van der Waals surface area contributed by atoms with Crippen molar-refractivity contribution in [1.29, 1.82) is 0 Å². The second-order valence-corrected chi connectivity index (χ2v) is 7.35. The van der Waals surface area contributed by atoms with Crippen molar-refractivity contribution in [2.75, 3.05) is 5.32 Å². The first-order chi connectivity index (χ1) is 11.8.